The van der Waals surface area contributed by atoms with Crippen LogP contribution in [0.5, 0.6) is 5.88 Å². The Morgan fingerprint density at radius 2 is 1.95 bits per heavy atom. The molecule has 102 valence electrons. The van der Waals surface area contributed by atoms with Crippen molar-refractivity contribution in [2.24, 2.45) is 0 Å². The fourth-order valence-electron chi connectivity index (χ4n) is 1.82. The van der Waals surface area contributed by atoms with Crippen molar-refractivity contribution in [1.82, 2.24) is 9.55 Å². The van der Waals surface area contributed by atoms with Gasteiger partial charge in [-0.1, -0.05) is 28.1 Å². The standard InChI is InChI=1S/C14H11BrN2O3/c1-2-3-8-17-13(19)11(12(18)16-14(17)20)9-4-6-10(15)7-5-9/h1,4-7,19H,3,8H2,(H,16,18,20). The molecule has 1 aromatic carbocycles. The molecule has 0 radical (unpaired) electrons. The van der Waals surface area contributed by atoms with Crippen LogP contribution < -0.4 is 11.2 Å². The minimum atomic E-state index is -0.677. The maximum absolute atomic E-state index is 11.9. The molecular formula is C14H11BrN2O3. The van der Waals surface area contributed by atoms with Crippen LogP contribution in [0.1, 0.15) is 6.42 Å². The van der Waals surface area contributed by atoms with Gasteiger partial charge in [0.1, 0.15) is 5.56 Å². The van der Waals surface area contributed by atoms with E-state index in [-0.39, 0.29) is 24.4 Å². The van der Waals surface area contributed by atoms with Gasteiger partial charge in [-0.05, 0) is 17.7 Å². The Kier molecular flexibility index (Phi) is 4.11. The summed E-state index contributed by atoms with van der Waals surface area (Å²) in [6, 6.07) is 6.82. The highest BCUT2D eigenvalue weighted by Crippen LogP contribution is 2.25. The van der Waals surface area contributed by atoms with E-state index >= 15 is 0 Å². The van der Waals surface area contributed by atoms with Crippen LogP contribution >= 0.6 is 15.9 Å². The molecule has 1 heterocycles. The van der Waals surface area contributed by atoms with Crippen molar-refractivity contribution in [2.75, 3.05) is 0 Å². The van der Waals surface area contributed by atoms with E-state index in [0.29, 0.717) is 5.56 Å². The van der Waals surface area contributed by atoms with Gasteiger partial charge in [0, 0.05) is 17.4 Å². The highest BCUT2D eigenvalue weighted by Gasteiger charge is 2.15. The summed E-state index contributed by atoms with van der Waals surface area (Å²) in [4.78, 5) is 25.7. The van der Waals surface area contributed by atoms with E-state index in [4.69, 9.17) is 6.42 Å². The fourth-order valence-corrected chi connectivity index (χ4v) is 2.08. The van der Waals surface area contributed by atoms with Gasteiger partial charge in [-0.3, -0.25) is 14.3 Å². The van der Waals surface area contributed by atoms with Gasteiger partial charge >= 0.3 is 5.69 Å². The molecule has 0 atom stereocenters. The molecule has 20 heavy (non-hydrogen) atoms. The average Bonchev–Trinajstić information content (AvgIpc) is 2.40. The van der Waals surface area contributed by atoms with Gasteiger partial charge in [0.25, 0.3) is 5.56 Å². The van der Waals surface area contributed by atoms with Crippen LogP contribution in [0.4, 0.5) is 0 Å². The summed E-state index contributed by atoms with van der Waals surface area (Å²) in [5.41, 5.74) is -0.745. The second kappa shape index (κ2) is 5.80. The van der Waals surface area contributed by atoms with E-state index < -0.39 is 11.2 Å². The second-order valence-electron chi connectivity index (χ2n) is 4.07. The number of aromatic amines is 1. The zero-order valence-electron chi connectivity index (χ0n) is 10.4. The SMILES string of the molecule is C#CCCn1c(O)c(-c2ccc(Br)cc2)c(=O)[nH]c1=O. The van der Waals surface area contributed by atoms with Gasteiger partial charge < -0.3 is 5.11 Å². The van der Waals surface area contributed by atoms with Crippen molar-refractivity contribution in [3.05, 3.63) is 49.6 Å². The summed E-state index contributed by atoms with van der Waals surface area (Å²) >= 11 is 3.29. The second-order valence-corrected chi connectivity index (χ2v) is 4.99. The first-order valence-corrected chi connectivity index (χ1v) is 6.59. The molecule has 0 amide bonds. The largest absolute Gasteiger partial charge is 0.494 e. The highest BCUT2D eigenvalue weighted by atomic mass is 79.9. The number of rotatable bonds is 3. The number of hydrogen-bond acceptors (Lipinski definition) is 3. The third kappa shape index (κ3) is 2.68. The molecule has 0 bridgehead atoms. The first-order chi connectivity index (χ1) is 9.54. The predicted molar refractivity (Wildman–Crippen MR) is 79.6 cm³/mol. The first kappa shape index (κ1) is 14.2. The quantitative estimate of drug-likeness (QED) is 0.839. The molecule has 0 unspecified atom stereocenters. The number of aromatic nitrogens is 2. The number of hydrogen-bond donors (Lipinski definition) is 2. The number of terminal acetylenes is 1. The number of aromatic hydroxyl groups is 1. The highest BCUT2D eigenvalue weighted by molar-refractivity contribution is 9.10. The molecule has 0 spiro atoms. The van der Waals surface area contributed by atoms with Gasteiger partial charge in [-0.25, -0.2) is 4.79 Å². The molecule has 0 fully saturated rings. The molecule has 2 aromatic rings. The van der Waals surface area contributed by atoms with E-state index in [1.54, 1.807) is 24.3 Å². The molecule has 0 saturated heterocycles. The van der Waals surface area contributed by atoms with Crippen LogP contribution in [0.15, 0.2) is 38.3 Å². The number of benzene rings is 1. The van der Waals surface area contributed by atoms with E-state index in [2.05, 4.69) is 26.8 Å². The molecule has 5 nitrogen and oxygen atoms in total. The lowest BCUT2D eigenvalue weighted by Crippen LogP contribution is -2.31. The molecule has 0 aliphatic rings. The van der Waals surface area contributed by atoms with Crippen molar-refractivity contribution in [1.29, 1.82) is 0 Å². The van der Waals surface area contributed by atoms with Gasteiger partial charge in [-0.2, -0.15) is 0 Å². The number of nitrogens with zero attached hydrogens (tertiary/aromatic N) is 1. The third-order valence-corrected chi connectivity index (χ3v) is 3.31. The van der Waals surface area contributed by atoms with Crippen molar-refractivity contribution in [3.8, 4) is 29.4 Å². The van der Waals surface area contributed by atoms with Crippen molar-refractivity contribution in [3.63, 3.8) is 0 Å². The van der Waals surface area contributed by atoms with E-state index in [1.165, 1.54) is 0 Å². The number of nitrogens with one attached hydrogen (secondary N) is 1. The lowest BCUT2D eigenvalue weighted by atomic mass is 10.1. The first-order valence-electron chi connectivity index (χ1n) is 5.80. The summed E-state index contributed by atoms with van der Waals surface area (Å²) in [5.74, 6) is 2.00. The zero-order chi connectivity index (χ0) is 14.7. The summed E-state index contributed by atoms with van der Waals surface area (Å²) in [7, 11) is 0. The van der Waals surface area contributed by atoms with Crippen LogP contribution in [0, 0.1) is 12.3 Å². The molecular weight excluding hydrogens is 324 g/mol. The normalized spacial score (nSPS) is 10.2. The van der Waals surface area contributed by atoms with E-state index in [1.807, 2.05) is 0 Å². The summed E-state index contributed by atoms with van der Waals surface area (Å²) in [6.45, 7) is 0.140. The van der Waals surface area contributed by atoms with Crippen molar-refractivity contribution < 1.29 is 5.11 Å². The fraction of sp³-hybridized carbons (Fsp3) is 0.143. The predicted octanol–water partition coefficient (Wildman–Crippen LogP) is 1.69. The molecule has 1 aromatic heterocycles. The Morgan fingerprint density at radius 3 is 2.55 bits per heavy atom. The molecule has 0 aliphatic heterocycles. The maximum Gasteiger partial charge on any atom is 0.331 e. The third-order valence-electron chi connectivity index (χ3n) is 2.78. The molecule has 6 heteroatoms. The van der Waals surface area contributed by atoms with Gasteiger partial charge in [0.2, 0.25) is 5.88 Å². The monoisotopic (exact) mass is 334 g/mol. The molecule has 0 saturated carbocycles. The van der Waals surface area contributed by atoms with Gasteiger partial charge in [-0.15, -0.1) is 12.3 Å². The van der Waals surface area contributed by atoms with Crippen molar-refractivity contribution >= 4 is 15.9 Å². The Morgan fingerprint density at radius 1 is 1.30 bits per heavy atom. The molecule has 2 N–H and O–H groups in total. The van der Waals surface area contributed by atoms with Gasteiger partial charge in [0.05, 0.1) is 0 Å². The summed E-state index contributed by atoms with van der Waals surface area (Å²) < 4.78 is 1.90. The molecule has 2 rings (SSSR count). The van der Waals surface area contributed by atoms with Gasteiger partial charge in [0.15, 0.2) is 0 Å². The zero-order valence-corrected chi connectivity index (χ0v) is 12.0. The lowest BCUT2D eigenvalue weighted by molar-refractivity contribution is 0.404. The van der Waals surface area contributed by atoms with E-state index in [0.717, 1.165) is 9.04 Å². The number of halogens is 1. The Labute approximate surface area is 123 Å². The van der Waals surface area contributed by atoms with Crippen LogP contribution in [-0.4, -0.2) is 14.7 Å². The van der Waals surface area contributed by atoms with Crippen molar-refractivity contribution in [2.45, 2.75) is 13.0 Å². The van der Waals surface area contributed by atoms with Crippen LogP contribution in [-0.2, 0) is 6.54 Å². The van der Waals surface area contributed by atoms with E-state index in [9.17, 15) is 14.7 Å². The maximum atomic E-state index is 11.9. The average molecular weight is 335 g/mol. The Bertz CT molecular complexity index is 782. The number of H-pyrrole nitrogens is 1. The van der Waals surface area contributed by atoms with Crippen LogP contribution in [0.3, 0.4) is 0 Å². The smallest absolute Gasteiger partial charge is 0.331 e. The Hall–Kier alpha value is -2.26. The van der Waals surface area contributed by atoms with Crippen LogP contribution in [0.25, 0.3) is 11.1 Å². The lowest BCUT2D eigenvalue weighted by Gasteiger charge is -2.10. The minimum Gasteiger partial charge on any atom is -0.494 e. The minimum absolute atomic E-state index is 0.0501. The van der Waals surface area contributed by atoms with Crippen LogP contribution in [0.2, 0.25) is 0 Å². The Balaban J connectivity index is 2.65. The summed E-state index contributed by atoms with van der Waals surface area (Å²) in [5, 5.41) is 10.2. The molecule has 0 aliphatic carbocycles. The summed E-state index contributed by atoms with van der Waals surface area (Å²) in [6.07, 6.45) is 5.43. The topological polar surface area (TPSA) is 75.1 Å².